The number of amides is 1. The normalized spacial score (nSPS) is 32.5. The molecule has 20 heavy (non-hydrogen) atoms. The third-order valence-corrected chi connectivity index (χ3v) is 5.63. The van der Waals surface area contributed by atoms with Crippen molar-refractivity contribution in [3.8, 4) is 0 Å². The van der Waals surface area contributed by atoms with Crippen LogP contribution in [-0.4, -0.2) is 45.6 Å². The lowest BCUT2D eigenvalue weighted by atomic mass is 9.81. The zero-order valence-electron chi connectivity index (χ0n) is 10.9. The van der Waals surface area contributed by atoms with Crippen LogP contribution in [0.1, 0.15) is 5.56 Å². The van der Waals surface area contributed by atoms with Crippen molar-refractivity contribution >= 4 is 23.6 Å². The Morgan fingerprint density at radius 1 is 1.45 bits per heavy atom. The quantitative estimate of drug-likeness (QED) is 0.795. The van der Waals surface area contributed by atoms with Crippen LogP contribution in [0.15, 0.2) is 30.3 Å². The topological polar surface area (TPSA) is 83.6 Å². The van der Waals surface area contributed by atoms with E-state index >= 15 is 0 Å². The van der Waals surface area contributed by atoms with Crippen LogP contribution >= 0.6 is 11.8 Å². The number of hydrogen-bond acceptors (Lipinski definition) is 4. The van der Waals surface area contributed by atoms with Gasteiger partial charge in [-0.15, -0.1) is 11.8 Å². The van der Waals surface area contributed by atoms with Gasteiger partial charge in [0.05, 0.1) is 5.41 Å². The first-order valence-corrected chi connectivity index (χ1v) is 7.53. The molecule has 1 amide bonds. The minimum atomic E-state index is -0.918. The van der Waals surface area contributed by atoms with Crippen molar-refractivity contribution in [1.29, 1.82) is 0 Å². The number of carboxylic acid groups (broad SMARTS) is 1. The molecule has 1 aromatic rings. The number of nitrogens with two attached hydrogens (primary N) is 1. The van der Waals surface area contributed by atoms with Gasteiger partial charge in [0, 0.05) is 12.3 Å². The number of aliphatic carboxylic acids is 1. The standard InChI is InChI=1S/C14H16N2O3S/c15-10-11(17)16-7-14(13(18)19,8-20-12(10)16)6-9-4-2-1-3-5-9/h1-5,10,12H,6-8,15H2,(H,18,19)/t10?,12-,14?/m1/s1. The van der Waals surface area contributed by atoms with E-state index in [1.165, 1.54) is 11.8 Å². The molecular weight excluding hydrogens is 276 g/mol. The second-order valence-corrected chi connectivity index (χ2v) is 6.55. The van der Waals surface area contributed by atoms with Crippen molar-refractivity contribution in [2.45, 2.75) is 17.8 Å². The fourth-order valence-corrected chi connectivity index (χ4v) is 4.32. The highest BCUT2D eigenvalue weighted by atomic mass is 32.2. The minimum Gasteiger partial charge on any atom is -0.481 e. The summed E-state index contributed by atoms with van der Waals surface area (Å²) in [5, 5.41) is 9.60. The van der Waals surface area contributed by atoms with Gasteiger partial charge in [-0.05, 0) is 12.0 Å². The lowest BCUT2D eigenvalue weighted by molar-refractivity contribution is -0.156. The summed E-state index contributed by atoms with van der Waals surface area (Å²) in [5.74, 6) is -0.499. The third-order valence-electron chi connectivity index (χ3n) is 4.03. The van der Waals surface area contributed by atoms with Gasteiger partial charge >= 0.3 is 5.97 Å². The molecule has 2 aliphatic heterocycles. The van der Waals surface area contributed by atoms with Gasteiger partial charge in [0.2, 0.25) is 5.91 Å². The first kappa shape index (κ1) is 13.5. The van der Waals surface area contributed by atoms with Crippen LogP contribution in [-0.2, 0) is 16.0 Å². The van der Waals surface area contributed by atoms with Gasteiger partial charge in [-0.3, -0.25) is 9.59 Å². The van der Waals surface area contributed by atoms with Gasteiger partial charge in [0.15, 0.2) is 0 Å². The Labute approximate surface area is 121 Å². The third kappa shape index (κ3) is 1.99. The van der Waals surface area contributed by atoms with Gasteiger partial charge in [-0.25, -0.2) is 0 Å². The first-order chi connectivity index (χ1) is 9.53. The number of thioether (sulfide) groups is 1. The van der Waals surface area contributed by atoms with E-state index < -0.39 is 17.4 Å². The van der Waals surface area contributed by atoms with Crippen LogP contribution in [0.2, 0.25) is 0 Å². The molecule has 3 atom stereocenters. The van der Waals surface area contributed by atoms with Crippen molar-refractivity contribution < 1.29 is 14.7 Å². The summed E-state index contributed by atoms with van der Waals surface area (Å²) >= 11 is 1.48. The summed E-state index contributed by atoms with van der Waals surface area (Å²) in [6.07, 6.45) is 0.432. The molecule has 0 aromatic heterocycles. The maximum absolute atomic E-state index is 11.8. The summed E-state index contributed by atoms with van der Waals surface area (Å²) < 4.78 is 0. The summed E-state index contributed by atoms with van der Waals surface area (Å²) in [5.41, 5.74) is 5.79. The predicted octanol–water partition coefficient (Wildman–Crippen LogP) is 0.542. The van der Waals surface area contributed by atoms with Gasteiger partial charge in [0.25, 0.3) is 0 Å². The fraction of sp³-hybridized carbons (Fsp3) is 0.429. The van der Waals surface area contributed by atoms with E-state index in [4.69, 9.17) is 5.73 Å². The monoisotopic (exact) mass is 292 g/mol. The van der Waals surface area contributed by atoms with E-state index in [9.17, 15) is 14.7 Å². The number of rotatable bonds is 3. The Morgan fingerprint density at radius 2 is 2.15 bits per heavy atom. The molecule has 3 rings (SSSR count). The van der Waals surface area contributed by atoms with Crippen molar-refractivity contribution in [2.24, 2.45) is 11.1 Å². The molecule has 0 saturated carbocycles. The molecule has 2 saturated heterocycles. The molecule has 2 aliphatic rings. The lowest BCUT2D eigenvalue weighted by Crippen LogP contribution is -2.72. The summed E-state index contributed by atoms with van der Waals surface area (Å²) in [6, 6.07) is 9.07. The second-order valence-electron chi connectivity index (χ2n) is 5.44. The number of β-lactam (4-membered cyclic amide) rings is 1. The first-order valence-electron chi connectivity index (χ1n) is 6.48. The van der Waals surface area contributed by atoms with Crippen LogP contribution in [0, 0.1) is 5.41 Å². The highest BCUT2D eigenvalue weighted by Crippen LogP contribution is 2.43. The summed E-state index contributed by atoms with van der Waals surface area (Å²) in [4.78, 5) is 25.1. The van der Waals surface area contributed by atoms with E-state index in [0.717, 1.165) is 5.56 Å². The minimum absolute atomic E-state index is 0.0502. The van der Waals surface area contributed by atoms with Crippen LogP contribution < -0.4 is 5.73 Å². The summed E-state index contributed by atoms with van der Waals surface area (Å²) in [7, 11) is 0. The molecule has 0 aliphatic carbocycles. The molecule has 106 valence electrons. The SMILES string of the molecule is NC1C(=O)N2CC(Cc3ccccc3)(C(=O)O)CS[C@H]12. The van der Waals surface area contributed by atoms with Crippen LogP contribution in [0.25, 0.3) is 0 Å². The van der Waals surface area contributed by atoms with E-state index in [0.29, 0.717) is 12.2 Å². The van der Waals surface area contributed by atoms with Crippen molar-refractivity contribution in [1.82, 2.24) is 4.90 Å². The largest absolute Gasteiger partial charge is 0.481 e. The van der Waals surface area contributed by atoms with Gasteiger partial charge in [-0.1, -0.05) is 30.3 Å². The number of benzene rings is 1. The van der Waals surface area contributed by atoms with E-state index in [2.05, 4.69) is 0 Å². The highest BCUT2D eigenvalue weighted by Gasteiger charge is 2.55. The van der Waals surface area contributed by atoms with Crippen LogP contribution in [0.5, 0.6) is 0 Å². The molecule has 0 spiro atoms. The van der Waals surface area contributed by atoms with Gasteiger partial charge in [0.1, 0.15) is 11.4 Å². The Balaban J connectivity index is 1.83. The fourth-order valence-electron chi connectivity index (χ4n) is 2.83. The Hall–Kier alpha value is -1.53. The average Bonchev–Trinajstić information content (AvgIpc) is 2.47. The number of nitrogens with zero attached hydrogens (tertiary/aromatic N) is 1. The molecule has 2 unspecified atom stereocenters. The molecule has 0 bridgehead atoms. The zero-order valence-corrected chi connectivity index (χ0v) is 11.7. The molecule has 2 heterocycles. The van der Waals surface area contributed by atoms with E-state index in [1.807, 2.05) is 30.3 Å². The lowest BCUT2D eigenvalue weighted by Gasteiger charge is -2.52. The van der Waals surface area contributed by atoms with Crippen LogP contribution in [0.3, 0.4) is 0 Å². The number of carboxylic acids is 1. The zero-order chi connectivity index (χ0) is 14.3. The predicted molar refractivity (Wildman–Crippen MR) is 76.1 cm³/mol. The molecule has 3 N–H and O–H groups in total. The molecule has 6 heteroatoms. The number of carbonyl (C=O) groups is 2. The molecule has 2 fully saturated rings. The Bertz CT molecular complexity index is 551. The molecule has 0 radical (unpaired) electrons. The van der Waals surface area contributed by atoms with E-state index in [1.54, 1.807) is 4.90 Å². The number of hydrogen-bond donors (Lipinski definition) is 2. The smallest absolute Gasteiger partial charge is 0.312 e. The average molecular weight is 292 g/mol. The van der Waals surface area contributed by atoms with Crippen LogP contribution in [0.4, 0.5) is 0 Å². The van der Waals surface area contributed by atoms with Crippen molar-refractivity contribution in [3.63, 3.8) is 0 Å². The second kappa shape index (κ2) is 4.79. The molecular formula is C14H16N2O3S. The maximum Gasteiger partial charge on any atom is 0.312 e. The van der Waals surface area contributed by atoms with Gasteiger partial charge in [-0.2, -0.15) is 0 Å². The highest BCUT2D eigenvalue weighted by molar-refractivity contribution is 8.00. The Kier molecular flexibility index (Phi) is 3.22. The number of carbonyl (C=O) groups excluding carboxylic acids is 1. The van der Waals surface area contributed by atoms with Gasteiger partial charge < -0.3 is 15.7 Å². The summed E-state index contributed by atoms with van der Waals surface area (Å²) in [6.45, 7) is 0.251. The molecule has 1 aromatic carbocycles. The molecule has 5 nitrogen and oxygen atoms in total. The maximum atomic E-state index is 11.8. The van der Waals surface area contributed by atoms with Crippen molar-refractivity contribution in [3.05, 3.63) is 35.9 Å². The number of fused-ring (bicyclic) bond motifs is 1. The Morgan fingerprint density at radius 3 is 2.80 bits per heavy atom. The van der Waals surface area contributed by atoms with Crippen molar-refractivity contribution in [2.75, 3.05) is 12.3 Å². The van der Waals surface area contributed by atoms with E-state index in [-0.39, 0.29) is 17.8 Å².